The molecule has 3 atom stereocenters. The summed E-state index contributed by atoms with van der Waals surface area (Å²) >= 11 is 0. The lowest BCUT2D eigenvalue weighted by atomic mass is 9.94. The van der Waals surface area contributed by atoms with Crippen molar-refractivity contribution in [3.63, 3.8) is 0 Å². The van der Waals surface area contributed by atoms with Gasteiger partial charge < -0.3 is 19.5 Å². The van der Waals surface area contributed by atoms with Crippen LogP contribution >= 0.6 is 0 Å². The van der Waals surface area contributed by atoms with Gasteiger partial charge in [0.2, 0.25) is 5.88 Å². The van der Waals surface area contributed by atoms with Crippen LogP contribution in [0.25, 0.3) is 0 Å². The molecule has 2 aliphatic carbocycles. The molecule has 10 nitrogen and oxygen atoms in total. The molecule has 1 aromatic heterocycles. The summed E-state index contributed by atoms with van der Waals surface area (Å²) in [5, 5.41) is 13.2. The van der Waals surface area contributed by atoms with Crippen molar-refractivity contribution in [1.29, 1.82) is 0 Å². The lowest BCUT2D eigenvalue weighted by Crippen LogP contribution is -2.22. The summed E-state index contributed by atoms with van der Waals surface area (Å²) in [6, 6.07) is 1.54. The molecule has 2 aromatic rings. The minimum Gasteiger partial charge on any atom is -0.469 e. The number of amides is 2. The third-order valence-corrected chi connectivity index (χ3v) is 7.94. The Morgan fingerprint density at radius 1 is 1.30 bits per heavy atom. The number of hydrogen-bond donors (Lipinski definition) is 2. The van der Waals surface area contributed by atoms with Gasteiger partial charge in [-0.15, -0.1) is 4.36 Å². The van der Waals surface area contributed by atoms with Crippen molar-refractivity contribution in [3.8, 4) is 5.88 Å². The minimum absolute atomic E-state index is 0.108. The van der Waals surface area contributed by atoms with Crippen molar-refractivity contribution in [2.45, 2.75) is 55.6 Å². The summed E-state index contributed by atoms with van der Waals surface area (Å²) in [6.07, 6.45) is 5.95. The lowest BCUT2D eigenvalue weighted by molar-refractivity contribution is 0.0920. The van der Waals surface area contributed by atoms with Crippen LogP contribution in [0.3, 0.4) is 0 Å². The monoisotopic (exact) mass is 475 g/mol. The van der Waals surface area contributed by atoms with Crippen molar-refractivity contribution in [2.75, 3.05) is 32.8 Å². The highest BCUT2D eigenvalue weighted by atomic mass is 32.2. The molecule has 3 aliphatic rings. The number of hydrogen-bond acceptors (Lipinski definition) is 6. The smallest absolute Gasteiger partial charge is 0.354 e. The van der Waals surface area contributed by atoms with Gasteiger partial charge in [0.25, 0.3) is 0 Å². The molecule has 0 bridgehead atoms. The number of rotatable bonds is 6. The van der Waals surface area contributed by atoms with E-state index in [4.69, 9.17) is 19.3 Å². The van der Waals surface area contributed by atoms with Crippen LogP contribution in [0.5, 0.6) is 5.88 Å². The number of anilines is 1. The number of urea groups is 1. The SMILES string of the molecule is COC[C@H]1Cn2ncc(S(N)(=O)=NC(=O)Nc3c4c(cc5c3[C@@H](COC)CC5)CCC4)c2O1. The number of carbonyl (C=O) groups is 1. The van der Waals surface area contributed by atoms with Crippen LogP contribution in [0, 0.1) is 0 Å². The molecule has 0 radical (unpaired) electrons. The Labute approximate surface area is 193 Å². The lowest BCUT2D eigenvalue weighted by Gasteiger charge is -2.19. The first-order valence-corrected chi connectivity index (χ1v) is 12.7. The molecule has 0 spiro atoms. The quantitative estimate of drug-likeness (QED) is 0.660. The fourth-order valence-electron chi connectivity index (χ4n) is 5.25. The number of fused-ring (bicyclic) bond motifs is 3. The van der Waals surface area contributed by atoms with E-state index >= 15 is 0 Å². The summed E-state index contributed by atoms with van der Waals surface area (Å²) in [4.78, 5) is 13.1. The number of benzene rings is 1. The van der Waals surface area contributed by atoms with Gasteiger partial charge in [0.05, 0.1) is 26.0 Å². The van der Waals surface area contributed by atoms with Gasteiger partial charge in [-0.3, -0.25) is 0 Å². The topological polar surface area (TPSA) is 130 Å². The zero-order chi connectivity index (χ0) is 23.2. The molecule has 1 unspecified atom stereocenters. The Kier molecular flexibility index (Phi) is 5.89. The maximum Gasteiger partial charge on any atom is 0.354 e. The first-order valence-electron chi connectivity index (χ1n) is 11.1. The second-order valence-corrected chi connectivity index (χ2v) is 10.5. The second kappa shape index (κ2) is 8.71. The molecular formula is C22H29N5O5S. The number of nitrogens with one attached hydrogen (secondary N) is 1. The number of ether oxygens (including phenoxy) is 3. The van der Waals surface area contributed by atoms with E-state index in [1.807, 2.05) is 0 Å². The van der Waals surface area contributed by atoms with E-state index in [9.17, 15) is 9.00 Å². The molecule has 1 aromatic carbocycles. The largest absolute Gasteiger partial charge is 0.469 e. The summed E-state index contributed by atoms with van der Waals surface area (Å²) in [5.41, 5.74) is 5.55. The van der Waals surface area contributed by atoms with Gasteiger partial charge in [0.1, 0.15) is 11.0 Å². The van der Waals surface area contributed by atoms with Gasteiger partial charge in [-0.05, 0) is 54.4 Å². The maximum atomic E-state index is 13.3. The Hall–Kier alpha value is -2.47. The normalized spacial score (nSPS) is 22.3. The van der Waals surface area contributed by atoms with Crippen molar-refractivity contribution < 1.29 is 23.2 Å². The van der Waals surface area contributed by atoms with E-state index in [0.717, 1.165) is 48.9 Å². The number of carbonyl (C=O) groups excluding carboxylic acids is 1. The highest BCUT2D eigenvalue weighted by Crippen LogP contribution is 2.44. The molecule has 2 heterocycles. The van der Waals surface area contributed by atoms with Gasteiger partial charge >= 0.3 is 6.03 Å². The van der Waals surface area contributed by atoms with Crippen LogP contribution in [0.4, 0.5) is 10.5 Å². The number of aromatic nitrogens is 2. The average molecular weight is 476 g/mol. The van der Waals surface area contributed by atoms with Crippen LogP contribution in [0.1, 0.15) is 41.0 Å². The van der Waals surface area contributed by atoms with Gasteiger partial charge in [0, 0.05) is 25.8 Å². The minimum atomic E-state index is -3.56. The van der Waals surface area contributed by atoms with Gasteiger partial charge in [-0.1, -0.05) is 6.07 Å². The molecule has 178 valence electrons. The molecule has 3 N–H and O–H groups in total. The van der Waals surface area contributed by atoms with Crippen LogP contribution in [-0.4, -0.2) is 53.6 Å². The molecular weight excluding hydrogens is 446 g/mol. The fraction of sp³-hybridized carbons (Fsp3) is 0.545. The van der Waals surface area contributed by atoms with E-state index < -0.39 is 15.9 Å². The highest BCUT2D eigenvalue weighted by molar-refractivity contribution is 7.91. The zero-order valence-corrected chi connectivity index (χ0v) is 19.7. The van der Waals surface area contributed by atoms with Crippen LogP contribution < -0.4 is 15.2 Å². The summed E-state index contributed by atoms with van der Waals surface area (Å²) in [5.74, 6) is 0.473. The molecule has 11 heteroatoms. The first kappa shape index (κ1) is 22.3. The molecule has 1 aliphatic heterocycles. The molecule has 0 fully saturated rings. The number of nitrogens with zero attached hydrogens (tertiary/aromatic N) is 3. The highest BCUT2D eigenvalue weighted by Gasteiger charge is 2.33. The number of methoxy groups -OCH3 is 2. The summed E-state index contributed by atoms with van der Waals surface area (Å²) < 4.78 is 35.0. The Morgan fingerprint density at radius 2 is 2.12 bits per heavy atom. The first-order chi connectivity index (χ1) is 15.9. The number of aryl methyl sites for hydroxylation is 2. The Balaban J connectivity index is 1.46. The van der Waals surface area contributed by atoms with Gasteiger partial charge in [-0.25, -0.2) is 18.8 Å². The fourth-order valence-corrected chi connectivity index (χ4v) is 6.24. The molecule has 33 heavy (non-hydrogen) atoms. The van der Waals surface area contributed by atoms with E-state index in [-0.39, 0.29) is 22.8 Å². The third kappa shape index (κ3) is 4.03. The average Bonchev–Trinajstić information content (AvgIpc) is 3.51. The van der Waals surface area contributed by atoms with Crippen molar-refractivity contribution in [2.24, 2.45) is 9.50 Å². The molecule has 0 saturated heterocycles. The Bertz CT molecular complexity index is 1220. The van der Waals surface area contributed by atoms with Gasteiger partial charge in [0.15, 0.2) is 9.92 Å². The van der Waals surface area contributed by atoms with Gasteiger partial charge in [-0.2, -0.15) is 5.10 Å². The summed E-state index contributed by atoms with van der Waals surface area (Å²) in [6.45, 7) is 1.40. The Morgan fingerprint density at radius 3 is 2.91 bits per heavy atom. The maximum absolute atomic E-state index is 13.3. The van der Waals surface area contributed by atoms with Crippen molar-refractivity contribution in [1.82, 2.24) is 9.78 Å². The van der Waals surface area contributed by atoms with Crippen LogP contribution in [0.15, 0.2) is 21.5 Å². The third-order valence-electron chi connectivity index (χ3n) is 6.60. The molecule has 2 amide bonds. The predicted octanol–water partition coefficient (Wildman–Crippen LogP) is 2.39. The molecule has 5 rings (SSSR count). The van der Waals surface area contributed by atoms with Crippen LogP contribution in [0.2, 0.25) is 0 Å². The molecule has 0 saturated carbocycles. The predicted molar refractivity (Wildman–Crippen MR) is 122 cm³/mol. The van der Waals surface area contributed by atoms with E-state index in [2.05, 4.69) is 20.8 Å². The zero-order valence-electron chi connectivity index (χ0n) is 18.8. The van der Waals surface area contributed by atoms with Crippen molar-refractivity contribution in [3.05, 3.63) is 34.5 Å². The summed E-state index contributed by atoms with van der Waals surface area (Å²) in [7, 11) is -0.301. The van der Waals surface area contributed by atoms with Crippen LogP contribution in [-0.2, 0) is 45.2 Å². The van der Waals surface area contributed by atoms with E-state index in [1.165, 1.54) is 17.3 Å². The number of nitrogens with two attached hydrogens (primary N) is 1. The van der Waals surface area contributed by atoms with E-state index in [0.29, 0.717) is 19.8 Å². The standard InChI is InChI=1S/C22H29N5O5S/c1-30-11-15-7-6-14-8-13-4-3-5-17(13)20(19(14)15)25-22(28)26-33(23,29)18-9-24-27-10-16(12-31-2)32-21(18)27/h8-9,15-16H,3-7,10-12H2,1-2H3,(H3,23,25,26,28,29)/t15-,16-,33?/m1/s1. The van der Waals surface area contributed by atoms with E-state index in [1.54, 1.807) is 18.9 Å². The second-order valence-electron chi connectivity index (χ2n) is 8.79. The van der Waals surface area contributed by atoms with Crippen molar-refractivity contribution >= 4 is 21.6 Å².